The number of nitro groups is 1. The van der Waals surface area contributed by atoms with Crippen LogP contribution in [0.2, 0.25) is 5.02 Å². The number of benzene rings is 1. The molecular formula is C11H15ClN2O3. The van der Waals surface area contributed by atoms with Gasteiger partial charge in [-0.2, -0.15) is 0 Å². The van der Waals surface area contributed by atoms with Crippen LogP contribution < -0.4 is 5.32 Å². The van der Waals surface area contributed by atoms with Crippen molar-refractivity contribution in [3.63, 3.8) is 0 Å². The smallest absolute Gasteiger partial charge is 0.292 e. The van der Waals surface area contributed by atoms with Crippen LogP contribution in [0.25, 0.3) is 0 Å². The van der Waals surface area contributed by atoms with E-state index >= 15 is 0 Å². The van der Waals surface area contributed by atoms with Crippen LogP contribution in [0.3, 0.4) is 0 Å². The molecule has 2 N–H and O–H groups in total. The highest BCUT2D eigenvalue weighted by Crippen LogP contribution is 2.28. The molecule has 17 heavy (non-hydrogen) atoms. The van der Waals surface area contributed by atoms with E-state index in [-0.39, 0.29) is 11.7 Å². The molecule has 0 fully saturated rings. The van der Waals surface area contributed by atoms with Gasteiger partial charge in [-0.25, -0.2) is 0 Å². The monoisotopic (exact) mass is 258 g/mol. The highest BCUT2D eigenvalue weighted by molar-refractivity contribution is 6.31. The fourth-order valence-corrected chi connectivity index (χ4v) is 1.79. The van der Waals surface area contributed by atoms with Crippen LogP contribution in [-0.4, -0.2) is 22.2 Å². The molecule has 1 aromatic carbocycles. The standard InChI is InChI=1S/C11H15ClN2O3/c1-7(5-8(2)15)13-10-6-9(12)3-4-11(10)14(16)17/h3-4,6-8,13,15H,5H2,1-2H3. The zero-order valence-electron chi connectivity index (χ0n) is 9.68. The molecule has 0 amide bonds. The van der Waals surface area contributed by atoms with E-state index in [9.17, 15) is 15.2 Å². The summed E-state index contributed by atoms with van der Waals surface area (Å²) < 4.78 is 0. The summed E-state index contributed by atoms with van der Waals surface area (Å²) in [6.07, 6.45) is 0.0414. The van der Waals surface area contributed by atoms with E-state index in [2.05, 4.69) is 5.32 Å². The van der Waals surface area contributed by atoms with Crippen LogP contribution in [0.15, 0.2) is 18.2 Å². The van der Waals surface area contributed by atoms with Gasteiger partial charge in [-0.15, -0.1) is 0 Å². The average Bonchev–Trinajstić information content (AvgIpc) is 2.15. The number of aliphatic hydroxyl groups is 1. The fraction of sp³-hybridized carbons (Fsp3) is 0.455. The van der Waals surface area contributed by atoms with Crippen LogP contribution >= 0.6 is 11.6 Å². The molecule has 1 aromatic rings. The van der Waals surface area contributed by atoms with Crippen molar-refractivity contribution in [1.82, 2.24) is 0 Å². The van der Waals surface area contributed by atoms with Crippen LogP contribution in [0, 0.1) is 10.1 Å². The second kappa shape index (κ2) is 5.84. The molecule has 0 heterocycles. The van der Waals surface area contributed by atoms with Gasteiger partial charge in [0.05, 0.1) is 11.0 Å². The summed E-state index contributed by atoms with van der Waals surface area (Å²) in [5, 5.41) is 23.5. The lowest BCUT2D eigenvalue weighted by atomic mass is 10.1. The third kappa shape index (κ3) is 4.20. The maximum Gasteiger partial charge on any atom is 0.292 e. The van der Waals surface area contributed by atoms with Gasteiger partial charge in [0.15, 0.2) is 0 Å². The Balaban J connectivity index is 2.88. The number of anilines is 1. The third-order valence-electron chi connectivity index (χ3n) is 2.25. The van der Waals surface area contributed by atoms with Crippen LogP contribution in [0.1, 0.15) is 20.3 Å². The van der Waals surface area contributed by atoms with Crippen molar-refractivity contribution in [3.8, 4) is 0 Å². The maximum atomic E-state index is 10.8. The van der Waals surface area contributed by atoms with Crippen molar-refractivity contribution in [2.45, 2.75) is 32.4 Å². The van der Waals surface area contributed by atoms with Gasteiger partial charge in [0.1, 0.15) is 5.69 Å². The van der Waals surface area contributed by atoms with Gasteiger partial charge in [-0.1, -0.05) is 11.6 Å². The van der Waals surface area contributed by atoms with E-state index in [0.717, 1.165) is 0 Å². The number of nitro benzene ring substituents is 1. The first-order valence-electron chi connectivity index (χ1n) is 5.28. The predicted molar refractivity (Wildman–Crippen MR) is 67.5 cm³/mol. The number of hydrogen-bond donors (Lipinski definition) is 2. The number of hydrogen-bond acceptors (Lipinski definition) is 4. The van der Waals surface area contributed by atoms with Gasteiger partial charge in [0.25, 0.3) is 5.69 Å². The van der Waals surface area contributed by atoms with Crippen molar-refractivity contribution in [3.05, 3.63) is 33.3 Å². The molecule has 2 atom stereocenters. The Kier molecular flexibility index (Phi) is 4.72. The quantitative estimate of drug-likeness (QED) is 0.629. The largest absolute Gasteiger partial charge is 0.393 e. The Bertz CT molecular complexity index is 410. The van der Waals surface area contributed by atoms with Crippen molar-refractivity contribution in [2.75, 3.05) is 5.32 Å². The molecular weight excluding hydrogens is 244 g/mol. The normalized spacial score (nSPS) is 14.1. The minimum atomic E-state index is -0.465. The predicted octanol–water partition coefficient (Wildman–Crippen LogP) is 2.82. The van der Waals surface area contributed by atoms with Crippen molar-refractivity contribution in [1.29, 1.82) is 0 Å². The lowest BCUT2D eigenvalue weighted by Crippen LogP contribution is -2.21. The topological polar surface area (TPSA) is 75.4 Å². The molecule has 6 heteroatoms. The summed E-state index contributed by atoms with van der Waals surface area (Å²) in [5.41, 5.74) is 0.350. The van der Waals surface area contributed by atoms with Crippen LogP contribution in [-0.2, 0) is 0 Å². The van der Waals surface area contributed by atoms with E-state index in [4.69, 9.17) is 11.6 Å². The minimum absolute atomic E-state index is 0.0214. The molecule has 94 valence electrons. The first-order valence-corrected chi connectivity index (χ1v) is 5.66. The molecule has 0 aliphatic rings. The Morgan fingerprint density at radius 1 is 1.53 bits per heavy atom. The summed E-state index contributed by atoms with van der Waals surface area (Å²) in [6.45, 7) is 3.52. The Labute approximate surface area is 105 Å². The number of nitrogens with zero attached hydrogens (tertiary/aromatic N) is 1. The SMILES string of the molecule is CC(O)CC(C)Nc1cc(Cl)ccc1[N+](=O)[O-]. The highest BCUT2D eigenvalue weighted by Gasteiger charge is 2.16. The third-order valence-corrected chi connectivity index (χ3v) is 2.49. The summed E-state index contributed by atoms with van der Waals surface area (Å²) in [6, 6.07) is 4.27. The second-order valence-electron chi connectivity index (χ2n) is 4.05. The number of rotatable bonds is 5. The van der Waals surface area contributed by atoms with E-state index in [1.165, 1.54) is 18.2 Å². The zero-order chi connectivity index (χ0) is 13.0. The number of nitrogens with one attached hydrogen (secondary N) is 1. The zero-order valence-corrected chi connectivity index (χ0v) is 10.4. The molecule has 0 aromatic heterocycles. The molecule has 0 radical (unpaired) electrons. The van der Waals surface area contributed by atoms with Crippen molar-refractivity contribution < 1.29 is 10.0 Å². The first-order chi connectivity index (χ1) is 7.90. The minimum Gasteiger partial charge on any atom is -0.393 e. The summed E-state index contributed by atoms with van der Waals surface area (Å²) >= 11 is 5.80. The molecule has 0 bridgehead atoms. The van der Waals surface area contributed by atoms with Gasteiger partial charge < -0.3 is 10.4 Å². The van der Waals surface area contributed by atoms with E-state index in [1.54, 1.807) is 6.92 Å². The summed E-state index contributed by atoms with van der Waals surface area (Å²) in [7, 11) is 0. The lowest BCUT2D eigenvalue weighted by molar-refractivity contribution is -0.384. The molecule has 2 unspecified atom stereocenters. The molecule has 0 saturated heterocycles. The van der Waals surface area contributed by atoms with Gasteiger partial charge in [0.2, 0.25) is 0 Å². The maximum absolute atomic E-state index is 10.8. The molecule has 0 aliphatic heterocycles. The van der Waals surface area contributed by atoms with E-state index in [0.29, 0.717) is 17.1 Å². The summed E-state index contributed by atoms with van der Waals surface area (Å²) in [4.78, 5) is 10.3. The highest BCUT2D eigenvalue weighted by atomic mass is 35.5. The van der Waals surface area contributed by atoms with Crippen LogP contribution in [0.5, 0.6) is 0 Å². The van der Waals surface area contributed by atoms with Gasteiger partial charge in [-0.05, 0) is 32.4 Å². The number of aliphatic hydroxyl groups excluding tert-OH is 1. The van der Waals surface area contributed by atoms with Crippen molar-refractivity contribution in [2.24, 2.45) is 0 Å². The second-order valence-corrected chi connectivity index (χ2v) is 4.49. The molecule has 0 aliphatic carbocycles. The van der Waals surface area contributed by atoms with Gasteiger partial charge >= 0.3 is 0 Å². The summed E-state index contributed by atoms with van der Waals surface area (Å²) in [5.74, 6) is 0. The Morgan fingerprint density at radius 2 is 2.18 bits per heavy atom. The van der Waals surface area contributed by atoms with Crippen molar-refractivity contribution >= 4 is 23.0 Å². The first kappa shape index (κ1) is 13.7. The molecule has 0 saturated carbocycles. The van der Waals surface area contributed by atoms with Gasteiger partial charge in [-0.3, -0.25) is 10.1 Å². The Morgan fingerprint density at radius 3 is 2.71 bits per heavy atom. The molecule has 5 nitrogen and oxygen atoms in total. The molecule has 1 rings (SSSR count). The Hall–Kier alpha value is -1.33. The van der Waals surface area contributed by atoms with E-state index < -0.39 is 11.0 Å². The molecule has 0 spiro atoms. The van der Waals surface area contributed by atoms with E-state index in [1.807, 2.05) is 6.92 Å². The fourth-order valence-electron chi connectivity index (χ4n) is 1.62. The van der Waals surface area contributed by atoms with Crippen LogP contribution in [0.4, 0.5) is 11.4 Å². The number of halogens is 1. The van der Waals surface area contributed by atoms with Gasteiger partial charge in [0, 0.05) is 17.1 Å². The lowest BCUT2D eigenvalue weighted by Gasteiger charge is -2.16. The average molecular weight is 259 g/mol.